The second-order valence-corrected chi connectivity index (χ2v) is 7.90. The summed E-state index contributed by atoms with van der Waals surface area (Å²) >= 11 is 0. The highest BCUT2D eigenvalue weighted by Crippen LogP contribution is 2.22. The first-order valence-electron chi connectivity index (χ1n) is 11.0. The van der Waals surface area contributed by atoms with Crippen molar-refractivity contribution in [3.8, 4) is 11.3 Å². The van der Waals surface area contributed by atoms with Crippen molar-refractivity contribution >= 4 is 17.4 Å². The molecule has 2 N–H and O–H groups in total. The number of nitrogens with one attached hydrogen (secondary N) is 1. The molecule has 178 valence electrons. The second kappa shape index (κ2) is 11.1. The number of hydrogen-bond acceptors (Lipinski definition) is 5. The number of carboxylic acid groups (broad SMARTS) is 1. The molecule has 0 aliphatic carbocycles. The number of nitrogens with zero attached hydrogens (tertiary/aromatic N) is 4. The van der Waals surface area contributed by atoms with Crippen molar-refractivity contribution in [1.82, 2.24) is 19.5 Å². The van der Waals surface area contributed by atoms with E-state index in [0.717, 1.165) is 42.2 Å². The Labute approximate surface area is 190 Å². The molecule has 0 saturated carbocycles. The van der Waals surface area contributed by atoms with E-state index in [2.05, 4.69) is 46.4 Å². The van der Waals surface area contributed by atoms with E-state index in [4.69, 9.17) is 15.0 Å². The fraction of sp³-hybridized carbons (Fsp3) is 0.435. The van der Waals surface area contributed by atoms with Gasteiger partial charge >= 0.3 is 12.1 Å². The second-order valence-electron chi connectivity index (χ2n) is 7.90. The number of aliphatic carboxylic acids is 1. The lowest BCUT2D eigenvalue weighted by Gasteiger charge is -2.14. The molecule has 7 nitrogen and oxygen atoms in total. The minimum absolute atomic E-state index is 0.877. The predicted octanol–water partition coefficient (Wildman–Crippen LogP) is 4.84. The summed E-state index contributed by atoms with van der Waals surface area (Å²) in [5.41, 5.74) is 4.44. The molecule has 1 saturated heterocycles. The summed E-state index contributed by atoms with van der Waals surface area (Å²) in [4.78, 5) is 15.9. The van der Waals surface area contributed by atoms with Crippen molar-refractivity contribution in [3.05, 3.63) is 48.2 Å². The van der Waals surface area contributed by atoms with Gasteiger partial charge in [0, 0.05) is 18.7 Å². The number of aromatic nitrogens is 3. The molecule has 33 heavy (non-hydrogen) atoms. The molecule has 10 heteroatoms. The first kappa shape index (κ1) is 24.5. The number of benzene rings is 1. The van der Waals surface area contributed by atoms with Gasteiger partial charge in [0.15, 0.2) is 5.65 Å². The topological polar surface area (TPSA) is 82.8 Å². The maximum atomic E-state index is 10.6. The van der Waals surface area contributed by atoms with Crippen LogP contribution >= 0.6 is 0 Å². The van der Waals surface area contributed by atoms with Crippen LogP contribution in [0.4, 0.5) is 19.0 Å². The highest BCUT2D eigenvalue weighted by molar-refractivity contribution is 5.73. The van der Waals surface area contributed by atoms with Gasteiger partial charge < -0.3 is 10.4 Å². The van der Waals surface area contributed by atoms with Crippen molar-refractivity contribution in [2.45, 2.75) is 45.3 Å². The first-order chi connectivity index (χ1) is 15.8. The fourth-order valence-electron chi connectivity index (χ4n) is 3.54. The van der Waals surface area contributed by atoms with E-state index in [9.17, 15) is 13.2 Å². The van der Waals surface area contributed by atoms with Crippen LogP contribution < -0.4 is 5.32 Å². The summed E-state index contributed by atoms with van der Waals surface area (Å²) in [5.74, 6) is -1.86. The molecule has 0 radical (unpaired) electrons. The third-order valence-electron chi connectivity index (χ3n) is 5.30. The van der Waals surface area contributed by atoms with Gasteiger partial charge in [-0.1, -0.05) is 37.6 Å². The number of likely N-dealkylation sites (tertiary alicyclic amines) is 1. The summed E-state index contributed by atoms with van der Waals surface area (Å²) in [6, 6.07) is 12.9. The molecule has 4 rings (SSSR count). The molecule has 0 amide bonds. The van der Waals surface area contributed by atoms with Crippen molar-refractivity contribution in [2.24, 2.45) is 0 Å². The fourth-order valence-corrected chi connectivity index (χ4v) is 3.54. The zero-order chi connectivity index (χ0) is 23.8. The number of hydrogen-bond donors (Lipinski definition) is 2. The van der Waals surface area contributed by atoms with Gasteiger partial charge in [0.2, 0.25) is 0 Å². The third kappa shape index (κ3) is 6.92. The van der Waals surface area contributed by atoms with Crippen LogP contribution in [0.3, 0.4) is 0 Å². The zero-order valence-electron chi connectivity index (χ0n) is 18.5. The number of alkyl halides is 3. The molecular weight excluding hydrogens is 435 g/mol. The van der Waals surface area contributed by atoms with E-state index in [0.29, 0.717) is 0 Å². The molecule has 2 aromatic heterocycles. The number of imidazole rings is 1. The van der Waals surface area contributed by atoms with E-state index >= 15 is 0 Å². The van der Waals surface area contributed by atoms with Crippen LogP contribution in [0.25, 0.3) is 16.9 Å². The number of carbonyl (C=O) groups is 1. The van der Waals surface area contributed by atoms with E-state index < -0.39 is 12.1 Å². The van der Waals surface area contributed by atoms with Gasteiger partial charge in [0.05, 0.1) is 11.9 Å². The quantitative estimate of drug-likeness (QED) is 0.488. The van der Waals surface area contributed by atoms with E-state index in [-0.39, 0.29) is 0 Å². The molecule has 1 aromatic carbocycles. The van der Waals surface area contributed by atoms with Crippen LogP contribution in [0, 0.1) is 0 Å². The van der Waals surface area contributed by atoms with Gasteiger partial charge in [-0.3, -0.25) is 4.90 Å². The van der Waals surface area contributed by atoms with E-state index in [1.807, 2.05) is 22.8 Å². The Bertz CT molecular complexity index is 1040. The highest BCUT2D eigenvalue weighted by Gasteiger charge is 2.38. The molecular formula is C23H28F3N5O2. The van der Waals surface area contributed by atoms with Crippen LogP contribution in [-0.2, 0) is 11.3 Å². The predicted molar refractivity (Wildman–Crippen MR) is 120 cm³/mol. The lowest BCUT2D eigenvalue weighted by atomic mass is 10.1. The number of fused-ring (bicyclic) bond motifs is 1. The minimum Gasteiger partial charge on any atom is -0.475 e. The Morgan fingerprint density at radius 3 is 2.39 bits per heavy atom. The third-order valence-corrected chi connectivity index (χ3v) is 5.30. The Morgan fingerprint density at radius 1 is 1.12 bits per heavy atom. The van der Waals surface area contributed by atoms with Gasteiger partial charge in [0.25, 0.3) is 0 Å². The molecule has 1 aliphatic rings. The number of halogens is 3. The van der Waals surface area contributed by atoms with Crippen LogP contribution in [0.5, 0.6) is 0 Å². The zero-order valence-corrected chi connectivity index (χ0v) is 18.5. The van der Waals surface area contributed by atoms with Crippen molar-refractivity contribution in [3.63, 3.8) is 0 Å². The molecule has 0 atom stereocenters. The number of rotatable bonds is 7. The summed E-state index contributed by atoms with van der Waals surface area (Å²) in [6.07, 6.45) is 1.82. The summed E-state index contributed by atoms with van der Waals surface area (Å²) in [7, 11) is 0. The van der Waals surface area contributed by atoms with Crippen LogP contribution in [-0.4, -0.2) is 56.4 Å². The van der Waals surface area contributed by atoms with Crippen molar-refractivity contribution in [2.75, 3.05) is 25.0 Å². The van der Waals surface area contributed by atoms with Crippen molar-refractivity contribution in [1.29, 1.82) is 0 Å². The smallest absolute Gasteiger partial charge is 0.475 e. The highest BCUT2D eigenvalue weighted by atomic mass is 19.4. The van der Waals surface area contributed by atoms with Gasteiger partial charge in [-0.05, 0) is 50.0 Å². The van der Waals surface area contributed by atoms with Gasteiger partial charge in [0.1, 0.15) is 5.82 Å². The largest absolute Gasteiger partial charge is 0.490 e. The Hall–Kier alpha value is -3.14. The van der Waals surface area contributed by atoms with Gasteiger partial charge in [-0.15, -0.1) is 5.10 Å². The maximum Gasteiger partial charge on any atom is 0.490 e. The lowest BCUT2D eigenvalue weighted by Crippen LogP contribution is -2.21. The molecule has 3 aromatic rings. The average Bonchev–Trinajstić information content (AvgIpc) is 3.44. The van der Waals surface area contributed by atoms with Crippen LogP contribution in [0.15, 0.2) is 42.6 Å². The van der Waals surface area contributed by atoms with E-state index in [1.165, 1.54) is 37.9 Å². The standard InChI is InChI=1S/C21H27N5.C2HF3O2/c1-2-3-12-22-20-10-11-21-23-15-19(26(21)24-20)18-8-6-17(7-9-18)16-25-13-4-5-14-25;3-2(4,5)1(6)7/h6-11,15H,2-5,12-14,16H2,1H3,(H,22,24);(H,6,7). The van der Waals surface area contributed by atoms with Gasteiger partial charge in [-0.25, -0.2) is 14.3 Å². The minimum atomic E-state index is -5.08. The molecule has 1 aliphatic heterocycles. The number of unbranched alkanes of at least 4 members (excludes halogenated alkanes) is 1. The summed E-state index contributed by atoms with van der Waals surface area (Å²) in [5, 5.41) is 15.2. The average molecular weight is 464 g/mol. The lowest BCUT2D eigenvalue weighted by molar-refractivity contribution is -0.192. The molecule has 0 unspecified atom stereocenters. The van der Waals surface area contributed by atoms with E-state index in [1.54, 1.807) is 0 Å². The number of anilines is 1. The van der Waals surface area contributed by atoms with Gasteiger partial charge in [-0.2, -0.15) is 13.2 Å². The Kier molecular flexibility index (Phi) is 8.26. The SMILES string of the molecule is CCCCNc1ccc2ncc(-c3ccc(CN4CCCC4)cc3)n2n1.O=C(O)C(F)(F)F. The monoisotopic (exact) mass is 463 g/mol. The first-order valence-corrected chi connectivity index (χ1v) is 11.0. The van der Waals surface area contributed by atoms with Crippen LogP contribution in [0.2, 0.25) is 0 Å². The molecule has 1 fully saturated rings. The summed E-state index contributed by atoms with van der Waals surface area (Å²) in [6.45, 7) is 6.65. The Morgan fingerprint density at radius 2 is 1.79 bits per heavy atom. The molecule has 3 heterocycles. The molecule has 0 spiro atoms. The normalized spacial score (nSPS) is 14.2. The van der Waals surface area contributed by atoms with Crippen molar-refractivity contribution < 1.29 is 23.1 Å². The maximum absolute atomic E-state index is 10.6. The number of carboxylic acids is 1. The Balaban J connectivity index is 0.000000383. The molecule has 0 bridgehead atoms. The summed E-state index contributed by atoms with van der Waals surface area (Å²) < 4.78 is 33.7. The van der Waals surface area contributed by atoms with Crippen LogP contribution in [0.1, 0.15) is 38.2 Å².